The van der Waals surface area contributed by atoms with E-state index in [0.717, 1.165) is 16.3 Å². The molecule has 0 bridgehead atoms. The van der Waals surface area contributed by atoms with Crippen LogP contribution in [0.3, 0.4) is 0 Å². The third kappa shape index (κ3) is 3.40. The van der Waals surface area contributed by atoms with E-state index in [2.05, 4.69) is 0 Å². The highest BCUT2D eigenvalue weighted by Crippen LogP contribution is 2.46. The number of hydrogen-bond acceptors (Lipinski definition) is 4. The van der Waals surface area contributed by atoms with Crippen molar-refractivity contribution in [1.82, 2.24) is 0 Å². The van der Waals surface area contributed by atoms with Crippen molar-refractivity contribution >= 4 is 28.1 Å². The predicted octanol–water partition coefficient (Wildman–Crippen LogP) is 6.09. The van der Waals surface area contributed by atoms with Crippen LogP contribution in [0, 0.1) is 10.1 Å². The number of nitro benzene ring substituents is 1. The van der Waals surface area contributed by atoms with Gasteiger partial charge in [-0.05, 0) is 40.6 Å². The number of ether oxygens (including phenoxy) is 1. The molecule has 0 radical (unpaired) electrons. The molecular weight excluding hydrogens is 416 g/mol. The summed E-state index contributed by atoms with van der Waals surface area (Å²) in [5.41, 5.74) is 0.886. The summed E-state index contributed by atoms with van der Waals surface area (Å²) in [6.07, 6.45) is -0.691. The fourth-order valence-electron chi connectivity index (χ4n) is 4.54. The van der Waals surface area contributed by atoms with Crippen LogP contribution in [0.1, 0.15) is 29.8 Å². The van der Waals surface area contributed by atoms with Crippen molar-refractivity contribution in [2.75, 3.05) is 4.90 Å². The van der Waals surface area contributed by atoms with Gasteiger partial charge >= 0.3 is 0 Å². The van der Waals surface area contributed by atoms with Crippen molar-refractivity contribution in [1.29, 1.82) is 0 Å². The van der Waals surface area contributed by atoms with Gasteiger partial charge in [0.2, 0.25) is 0 Å². The van der Waals surface area contributed by atoms with Crippen molar-refractivity contribution < 1.29 is 14.5 Å². The zero-order valence-electron chi connectivity index (χ0n) is 18.3. The summed E-state index contributed by atoms with van der Waals surface area (Å²) in [4.78, 5) is 26.4. The lowest BCUT2D eigenvalue weighted by Gasteiger charge is -2.33. The van der Waals surface area contributed by atoms with Crippen LogP contribution in [0.4, 0.5) is 11.4 Å². The molecule has 1 aliphatic heterocycles. The van der Waals surface area contributed by atoms with E-state index in [1.165, 1.54) is 12.1 Å². The number of rotatable bonds is 4. The first-order chi connectivity index (χ1) is 15.9. The van der Waals surface area contributed by atoms with Crippen LogP contribution in [-0.2, 0) is 5.41 Å². The number of carbonyl (C=O) groups is 1. The summed E-state index contributed by atoms with van der Waals surface area (Å²) in [5, 5.41) is 13.7. The van der Waals surface area contributed by atoms with E-state index >= 15 is 0 Å². The van der Waals surface area contributed by atoms with E-state index < -0.39 is 22.5 Å². The van der Waals surface area contributed by atoms with Gasteiger partial charge in [-0.15, -0.1) is 0 Å². The molecule has 164 valence electrons. The molecule has 1 atom stereocenters. The highest BCUT2D eigenvalue weighted by atomic mass is 16.6. The van der Waals surface area contributed by atoms with E-state index in [-0.39, 0.29) is 11.3 Å². The summed E-state index contributed by atoms with van der Waals surface area (Å²) >= 11 is 0. The number of nitro groups is 1. The lowest BCUT2D eigenvalue weighted by molar-refractivity contribution is -0.385. The standard InChI is InChI=1S/C27H22N2O4/c1-27(2)22-12-6-8-14-24(22)28(25(30)21-11-5-7-13-23(21)29(31)32)26(27)33-20-16-15-18-9-3-4-10-19(18)17-20/h3-17,26H,1-2H3/t26-/m1/s1. The van der Waals surface area contributed by atoms with Crippen LogP contribution < -0.4 is 9.64 Å². The Morgan fingerprint density at radius 1 is 0.909 bits per heavy atom. The third-order valence-corrected chi connectivity index (χ3v) is 6.23. The molecule has 0 spiro atoms. The van der Waals surface area contributed by atoms with Crippen LogP contribution in [0.25, 0.3) is 10.8 Å². The Balaban J connectivity index is 1.62. The fraction of sp³-hybridized carbons (Fsp3) is 0.148. The molecular formula is C27H22N2O4. The molecule has 1 aliphatic rings. The van der Waals surface area contributed by atoms with Crippen LogP contribution in [0.15, 0.2) is 91.0 Å². The van der Waals surface area contributed by atoms with Crippen LogP contribution in [-0.4, -0.2) is 17.1 Å². The Hall–Kier alpha value is -4.19. The summed E-state index contributed by atoms with van der Waals surface area (Å²) in [6.45, 7) is 4.04. The number of carbonyl (C=O) groups excluding carboxylic acids is 1. The Labute approximate surface area is 191 Å². The van der Waals surface area contributed by atoms with E-state index in [0.29, 0.717) is 11.4 Å². The number of para-hydroxylation sites is 2. The van der Waals surface area contributed by atoms with Gasteiger partial charge in [-0.1, -0.05) is 74.5 Å². The molecule has 6 nitrogen and oxygen atoms in total. The fourth-order valence-corrected chi connectivity index (χ4v) is 4.54. The molecule has 0 aromatic heterocycles. The molecule has 0 saturated carbocycles. The maximum atomic E-state index is 13.8. The zero-order chi connectivity index (χ0) is 23.2. The van der Waals surface area contributed by atoms with Crippen LogP contribution in [0.5, 0.6) is 5.75 Å². The maximum Gasteiger partial charge on any atom is 0.282 e. The molecule has 4 aromatic carbocycles. The van der Waals surface area contributed by atoms with Crippen LogP contribution >= 0.6 is 0 Å². The topological polar surface area (TPSA) is 72.7 Å². The van der Waals surface area contributed by atoms with Gasteiger partial charge in [-0.3, -0.25) is 19.8 Å². The normalized spacial score (nSPS) is 16.4. The molecule has 33 heavy (non-hydrogen) atoms. The molecule has 0 fully saturated rings. The van der Waals surface area contributed by atoms with Crippen molar-refractivity contribution in [3.63, 3.8) is 0 Å². The van der Waals surface area contributed by atoms with Gasteiger partial charge in [0.15, 0.2) is 6.23 Å². The largest absolute Gasteiger partial charge is 0.469 e. The minimum atomic E-state index is -0.691. The van der Waals surface area contributed by atoms with E-state index in [1.807, 2.05) is 80.6 Å². The maximum absolute atomic E-state index is 13.8. The van der Waals surface area contributed by atoms with Crippen molar-refractivity contribution in [3.05, 3.63) is 112 Å². The molecule has 0 N–H and O–H groups in total. The smallest absolute Gasteiger partial charge is 0.282 e. The van der Waals surface area contributed by atoms with Gasteiger partial charge in [0.1, 0.15) is 11.3 Å². The highest BCUT2D eigenvalue weighted by Gasteiger charge is 2.49. The van der Waals surface area contributed by atoms with Crippen molar-refractivity contribution in [2.24, 2.45) is 0 Å². The quantitative estimate of drug-likeness (QED) is 0.285. The molecule has 6 heteroatoms. The second kappa shape index (κ2) is 7.74. The van der Waals surface area contributed by atoms with Crippen LogP contribution in [0.2, 0.25) is 0 Å². The third-order valence-electron chi connectivity index (χ3n) is 6.23. The average Bonchev–Trinajstić information content (AvgIpc) is 3.05. The number of amides is 1. The average molecular weight is 438 g/mol. The van der Waals surface area contributed by atoms with Gasteiger partial charge in [-0.25, -0.2) is 0 Å². The Bertz CT molecular complexity index is 1400. The summed E-state index contributed by atoms with van der Waals surface area (Å²) < 4.78 is 6.47. The Morgan fingerprint density at radius 2 is 1.58 bits per heavy atom. The molecule has 0 saturated heterocycles. The first-order valence-corrected chi connectivity index (χ1v) is 10.7. The van der Waals surface area contributed by atoms with Gasteiger partial charge in [0.05, 0.1) is 10.6 Å². The molecule has 1 amide bonds. The zero-order valence-corrected chi connectivity index (χ0v) is 18.3. The van der Waals surface area contributed by atoms with E-state index in [4.69, 9.17) is 4.74 Å². The molecule has 0 aliphatic carbocycles. The predicted molar refractivity (Wildman–Crippen MR) is 128 cm³/mol. The first-order valence-electron chi connectivity index (χ1n) is 10.7. The Morgan fingerprint density at radius 3 is 2.36 bits per heavy atom. The minimum absolute atomic E-state index is 0.0297. The van der Waals surface area contributed by atoms with Gasteiger partial charge in [0.25, 0.3) is 11.6 Å². The van der Waals surface area contributed by atoms with Gasteiger partial charge in [-0.2, -0.15) is 0 Å². The Kier molecular flexibility index (Phi) is 4.86. The highest BCUT2D eigenvalue weighted by molar-refractivity contribution is 6.10. The lowest BCUT2D eigenvalue weighted by atomic mass is 9.85. The number of hydrogen-bond donors (Lipinski definition) is 0. The number of anilines is 1. The number of nitrogens with zero attached hydrogens (tertiary/aromatic N) is 2. The lowest BCUT2D eigenvalue weighted by Crippen LogP contribution is -2.48. The monoisotopic (exact) mass is 438 g/mol. The summed E-state index contributed by atoms with van der Waals surface area (Å²) in [5.74, 6) is 0.158. The minimum Gasteiger partial charge on any atom is -0.469 e. The van der Waals surface area contributed by atoms with Crippen molar-refractivity contribution in [3.8, 4) is 5.75 Å². The number of fused-ring (bicyclic) bond motifs is 2. The molecule has 4 aromatic rings. The van der Waals surface area contributed by atoms with Crippen molar-refractivity contribution in [2.45, 2.75) is 25.5 Å². The molecule has 1 heterocycles. The summed E-state index contributed by atoms with van der Waals surface area (Å²) in [6, 6.07) is 27.4. The van der Waals surface area contributed by atoms with E-state index in [9.17, 15) is 14.9 Å². The second-order valence-corrected chi connectivity index (χ2v) is 8.67. The van der Waals surface area contributed by atoms with E-state index in [1.54, 1.807) is 17.0 Å². The molecule has 5 rings (SSSR count). The summed E-state index contributed by atoms with van der Waals surface area (Å²) in [7, 11) is 0. The number of benzene rings is 4. The second-order valence-electron chi connectivity index (χ2n) is 8.67. The van der Waals surface area contributed by atoms with Gasteiger partial charge < -0.3 is 4.74 Å². The van der Waals surface area contributed by atoms with Gasteiger partial charge in [0, 0.05) is 11.5 Å². The molecule has 0 unspecified atom stereocenters. The SMILES string of the molecule is CC1(C)c2ccccc2N(C(=O)c2ccccc2[N+](=O)[O-])[C@@H]1Oc1ccc2ccccc2c1. The first kappa shape index (κ1) is 20.7.